The zero-order valence-electron chi connectivity index (χ0n) is 12.5. The molecule has 1 N–H and O–H groups in total. The maximum atomic E-state index is 11.6. The Kier molecular flexibility index (Phi) is 6.00. The minimum Gasteiger partial charge on any atom is -0.466 e. The van der Waals surface area contributed by atoms with Crippen LogP contribution in [0.5, 0.6) is 0 Å². The highest BCUT2D eigenvalue weighted by Gasteiger charge is 2.29. The van der Waals surface area contributed by atoms with Crippen LogP contribution in [0.2, 0.25) is 0 Å². The van der Waals surface area contributed by atoms with Gasteiger partial charge in [0.1, 0.15) is 6.42 Å². The van der Waals surface area contributed by atoms with E-state index in [-0.39, 0.29) is 36.4 Å². The molecule has 2 rings (SSSR count). The molecule has 22 heavy (non-hydrogen) atoms. The van der Waals surface area contributed by atoms with Crippen LogP contribution in [0.25, 0.3) is 0 Å². The summed E-state index contributed by atoms with van der Waals surface area (Å²) in [5.41, 5.74) is 0.763. The topological polar surface area (TPSA) is 72.5 Å². The summed E-state index contributed by atoms with van der Waals surface area (Å²) in [5.74, 6) is -0.160. The van der Waals surface area contributed by atoms with Gasteiger partial charge in [-0.3, -0.25) is 14.4 Å². The summed E-state index contributed by atoms with van der Waals surface area (Å²) in [4.78, 5) is 35.3. The number of esters is 1. The van der Waals surface area contributed by atoms with Gasteiger partial charge in [0, 0.05) is 16.5 Å². The third kappa shape index (κ3) is 5.52. The number of carbonyl (C=O) groups excluding carboxylic acids is 3. The fourth-order valence-corrected chi connectivity index (χ4v) is 2.57. The number of ether oxygens (including phenoxy) is 1. The SMILES string of the molecule is CCOC(=O)CC(=O)CSc1ccc(NC(=O)C2CC2)cc1. The average molecular weight is 321 g/mol. The Morgan fingerprint density at radius 1 is 1.23 bits per heavy atom. The molecule has 5 nitrogen and oxygen atoms in total. The van der Waals surface area contributed by atoms with Gasteiger partial charge in [-0.25, -0.2) is 0 Å². The summed E-state index contributed by atoms with van der Waals surface area (Å²) >= 11 is 1.36. The molecule has 6 heteroatoms. The van der Waals surface area contributed by atoms with E-state index in [1.807, 2.05) is 24.3 Å². The molecule has 1 saturated carbocycles. The molecule has 1 aliphatic rings. The molecule has 1 fully saturated rings. The molecule has 0 spiro atoms. The number of benzene rings is 1. The zero-order chi connectivity index (χ0) is 15.9. The molecule has 1 aromatic rings. The van der Waals surface area contributed by atoms with E-state index in [0.29, 0.717) is 0 Å². The lowest BCUT2D eigenvalue weighted by Gasteiger charge is -2.06. The Hall–Kier alpha value is -1.82. The van der Waals surface area contributed by atoms with E-state index < -0.39 is 5.97 Å². The highest BCUT2D eigenvalue weighted by atomic mass is 32.2. The normalized spacial score (nSPS) is 13.5. The quantitative estimate of drug-likeness (QED) is 0.453. The van der Waals surface area contributed by atoms with E-state index in [4.69, 9.17) is 4.74 Å². The van der Waals surface area contributed by atoms with Crippen LogP contribution in [0.1, 0.15) is 26.2 Å². The van der Waals surface area contributed by atoms with Crippen molar-refractivity contribution in [2.75, 3.05) is 17.7 Å². The summed E-state index contributed by atoms with van der Waals surface area (Å²) in [7, 11) is 0. The van der Waals surface area contributed by atoms with Gasteiger partial charge in [0.05, 0.1) is 12.4 Å². The fourth-order valence-electron chi connectivity index (χ4n) is 1.81. The molecule has 0 saturated heterocycles. The Bertz CT molecular complexity index is 552. The number of Topliss-reactive ketones (excluding diaryl/α,β-unsaturated/α-hetero) is 1. The number of amides is 1. The Labute approximate surface area is 133 Å². The van der Waals surface area contributed by atoms with E-state index in [1.54, 1.807) is 6.92 Å². The van der Waals surface area contributed by atoms with E-state index in [1.165, 1.54) is 11.8 Å². The van der Waals surface area contributed by atoms with Crippen molar-refractivity contribution in [2.45, 2.75) is 31.1 Å². The maximum absolute atomic E-state index is 11.6. The van der Waals surface area contributed by atoms with Crippen molar-refractivity contribution in [3.05, 3.63) is 24.3 Å². The molecule has 118 valence electrons. The number of nitrogens with one attached hydrogen (secondary N) is 1. The number of hydrogen-bond donors (Lipinski definition) is 1. The van der Waals surface area contributed by atoms with Gasteiger partial charge < -0.3 is 10.1 Å². The first-order valence-corrected chi connectivity index (χ1v) is 8.28. The van der Waals surface area contributed by atoms with Crippen molar-refractivity contribution in [3.8, 4) is 0 Å². The molecule has 0 aliphatic heterocycles. The van der Waals surface area contributed by atoms with E-state index >= 15 is 0 Å². The second-order valence-electron chi connectivity index (χ2n) is 5.10. The highest BCUT2D eigenvalue weighted by molar-refractivity contribution is 8.00. The number of thioether (sulfide) groups is 1. The van der Waals surface area contributed by atoms with Crippen LogP contribution in [-0.4, -0.2) is 30.0 Å². The molecular weight excluding hydrogens is 302 g/mol. The van der Waals surface area contributed by atoms with E-state index in [0.717, 1.165) is 23.4 Å². The molecular formula is C16H19NO4S. The van der Waals surface area contributed by atoms with Crippen LogP contribution < -0.4 is 5.32 Å². The number of rotatable bonds is 8. The largest absolute Gasteiger partial charge is 0.466 e. The second-order valence-corrected chi connectivity index (χ2v) is 6.15. The number of carbonyl (C=O) groups is 3. The summed E-state index contributed by atoms with van der Waals surface area (Å²) in [6, 6.07) is 7.34. The smallest absolute Gasteiger partial charge is 0.313 e. The molecule has 0 radical (unpaired) electrons. The summed E-state index contributed by atoms with van der Waals surface area (Å²) in [5, 5.41) is 2.86. The van der Waals surface area contributed by atoms with Crippen LogP contribution in [0.4, 0.5) is 5.69 Å². The van der Waals surface area contributed by atoms with Gasteiger partial charge in [0.25, 0.3) is 0 Å². The third-order valence-electron chi connectivity index (χ3n) is 3.12. The van der Waals surface area contributed by atoms with Crippen molar-refractivity contribution in [1.29, 1.82) is 0 Å². The number of anilines is 1. The predicted molar refractivity (Wildman–Crippen MR) is 84.8 cm³/mol. The maximum Gasteiger partial charge on any atom is 0.313 e. The molecule has 1 aromatic carbocycles. The number of ketones is 1. The van der Waals surface area contributed by atoms with Crippen LogP contribution >= 0.6 is 11.8 Å². The van der Waals surface area contributed by atoms with Gasteiger partial charge >= 0.3 is 5.97 Å². The second kappa shape index (κ2) is 7.98. The van der Waals surface area contributed by atoms with Gasteiger partial charge in [-0.05, 0) is 44.0 Å². The molecule has 0 heterocycles. The molecule has 0 unspecified atom stereocenters. The van der Waals surface area contributed by atoms with Crippen LogP contribution in [0.3, 0.4) is 0 Å². The Morgan fingerprint density at radius 3 is 2.50 bits per heavy atom. The van der Waals surface area contributed by atoms with Gasteiger partial charge in [-0.15, -0.1) is 11.8 Å². The summed E-state index contributed by atoms with van der Waals surface area (Å²) < 4.78 is 4.73. The lowest BCUT2D eigenvalue weighted by molar-refractivity contribution is -0.145. The third-order valence-corrected chi connectivity index (χ3v) is 4.19. The number of hydrogen-bond acceptors (Lipinski definition) is 5. The molecule has 0 aromatic heterocycles. The van der Waals surface area contributed by atoms with Crippen molar-refractivity contribution >= 4 is 35.1 Å². The minimum absolute atomic E-state index is 0.0741. The predicted octanol–water partition coefficient (Wildman–Crippen LogP) is 2.65. The van der Waals surface area contributed by atoms with Gasteiger partial charge in [-0.1, -0.05) is 0 Å². The first-order valence-electron chi connectivity index (χ1n) is 7.29. The molecule has 1 aliphatic carbocycles. The summed E-state index contributed by atoms with van der Waals surface area (Å²) in [6.07, 6.45) is 1.76. The van der Waals surface area contributed by atoms with Gasteiger partial charge in [0.15, 0.2) is 5.78 Å². The monoisotopic (exact) mass is 321 g/mol. The van der Waals surface area contributed by atoms with Gasteiger partial charge in [0.2, 0.25) is 5.91 Å². The van der Waals surface area contributed by atoms with Crippen molar-refractivity contribution in [1.82, 2.24) is 0 Å². The Balaban J connectivity index is 1.74. The lowest BCUT2D eigenvalue weighted by Crippen LogP contribution is -2.13. The lowest BCUT2D eigenvalue weighted by atomic mass is 10.3. The van der Waals surface area contributed by atoms with Crippen molar-refractivity contribution < 1.29 is 19.1 Å². The zero-order valence-corrected chi connectivity index (χ0v) is 13.3. The highest BCUT2D eigenvalue weighted by Crippen LogP contribution is 2.30. The Morgan fingerprint density at radius 2 is 1.91 bits per heavy atom. The van der Waals surface area contributed by atoms with E-state index in [2.05, 4.69) is 5.32 Å². The van der Waals surface area contributed by atoms with Crippen LogP contribution in [0, 0.1) is 5.92 Å². The van der Waals surface area contributed by atoms with Crippen LogP contribution in [-0.2, 0) is 19.1 Å². The average Bonchev–Trinajstić information content (AvgIpc) is 3.31. The van der Waals surface area contributed by atoms with Gasteiger partial charge in [-0.2, -0.15) is 0 Å². The van der Waals surface area contributed by atoms with Crippen LogP contribution in [0.15, 0.2) is 29.2 Å². The van der Waals surface area contributed by atoms with Crippen molar-refractivity contribution in [2.24, 2.45) is 5.92 Å². The summed E-state index contributed by atoms with van der Waals surface area (Å²) in [6.45, 7) is 1.99. The first kappa shape index (κ1) is 16.5. The molecule has 1 amide bonds. The van der Waals surface area contributed by atoms with Crippen molar-refractivity contribution in [3.63, 3.8) is 0 Å². The van der Waals surface area contributed by atoms with E-state index in [9.17, 15) is 14.4 Å². The minimum atomic E-state index is -0.480. The standard InChI is InChI=1S/C16H19NO4S/c1-2-21-15(19)9-13(18)10-22-14-7-5-12(6-8-14)17-16(20)11-3-4-11/h5-8,11H,2-4,9-10H2,1H3,(H,17,20). The molecule has 0 atom stereocenters. The molecule has 0 bridgehead atoms. The first-order chi connectivity index (χ1) is 10.6. The fraction of sp³-hybridized carbons (Fsp3) is 0.438.